The number of nitrogens with zero attached hydrogens (tertiary/aromatic N) is 2. The van der Waals surface area contributed by atoms with E-state index in [9.17, 15) is 18.0 Å². The van der Waals surface area contributed by atoms with Crippen molar-refractivity contribution < 1.29 is 18.0 Å². The quantitative estimate of drug-likeness (QED) is 0.638. The smallest absolute Gasteiger partial charge is 0.251 e. The Bertz CT molecular complexity index is 1090. The van der Waals surface area contributed by atoms with Gasteiger partial charge in [0.05, 0.1) is 5.75 Å². The van der Waals surface area contributed by atoms with Crippen molar-refractivity contribution in [2.75, 3.05) is 38.2 Å². The predicted octanol–water partition coefficient (Wildman–Crippen LogP) is 2.18. The Morgan fingerprint density at radius 3 is 2.33 bits per heavy atom. The van der Waals surface area contributed by atoms with Crippen LogP contribution in [0.4, 0.5) is 0 Å². The summed E-state index contributed by atoms with van der Waals surface area (Å²) in [6, 6.07) is 14.5. The Labute approximate surface area is 196 Å². The third kappa shape index (κ3) is 7.40. The maximum Gasteiger partial charge on any atom is 0.251 e. The Balaban J connectivity index is 1.64. The molecule has 1 N–H and O–H groups in total. The van der Waals surface area contributed by atoms with E-state index >= 15 is 0 Å². The number of hydrogen-bond donors (Lipinski definition) is 1. The minimum Gasteiger partial charge on any atom is -0.340 e. The fourth-order valence-electron chi connectivity index (χ4n) is 3.99. The molecule has 1 saturated heterocycles. The van der Waals surface area contributed by atoms with E-state index in [1.807, 2.05) is 25.1 Å². The molecule has 2 aromatic rings. The van der Waals surface area contributed by atoms with Gasteiger partial charge in [0.1, 0.15) is 15.9 Å². The Morgan fingerprint density at radius 1 is 1.00 bits per heavy atom. The predicted molar refractivity (Wildman–Crippen MR) is 130 cm³/mol. The molecule has 33 heavy (non-hydrogen) atoms. The fraction of sp³-hybridized carbons (Fsp3) is 0.440. The molecule has 1 unspecified atom stereocenters. The van der Waals surface area contributed by atoms with Gasteiger partial charge in [0.2, 0.25) is 5.91 Å². The topological polar surface area (TPSA) is 86.8 Å². The van der Waals surface area contributed by atoms with E-state index in [2.05, 4.69) is 29.3 Å². The van der Waals surface area contributed by atoms with E-state index in [4.69, 9.17) is 0 Å². The molecule has 1 atom stereocenters. The molecule has 2 aromatic carbocycles. The summed E-state index contributed by atoms with van der Waals surface area (Å²) in [7, 11) is -3.27. The van der Waals surface area contributed by atoms with Gasteiger partial charge in [-0.25, -0.2) is 8.42 Å². The van der Waals surface area contributed by atoms with Gasteiger partial charge in [-0.05, 0) is 43.5 Å². The molecule has 7 nitrogen and oxygen atoms in total. The van der Waals surface area contributed by atoms with Gasteiger partial charge >= 0.3 is 0 Å². The monoisotopic (exact) mass is 471 g/mol. The highest BCUT2D eigenvalue weighted by molar-refractivity contribution is 7.90. The van der Waals surface area contributed by atoms with Crippen molar-refractivity contribution in [2.24, 2.45) is 0 Å². The third-order valence-corrected chi connectivity index (χ3v) is 6.98. The summed E-state index contributed by atoms with van der Waals surface area (Å²) in [6.07, 6.45) is 1.19. The molecule has 8 heteroatoms. The van der Waals surface area contributed by atoms with Gasteiger partial charge in [-0.3, -0.25) is 14.5 Å². The van der Waals surface area contributed by atoms with Crippen LogP contribution in [0.5, 0.6) is 0 Å². The number of amides is 2. The Morgan fingerprint density at radius 2 is 1.70 bits per heavy atom. The van der Waals surface area contributed by atoms with Crippen LogP contribution in [0.15, 0.2) is 48.5 Å². The van der Waals surface area contributed by atoms with E-state index in [0.717, 1.165) is 31.5 Å². The van der Waals surface area contributed by atoms with E-state index in [0.29, 0.717) is 18.7 Å². The zero-order chi connectivity index (χ0) is 24.0. The minimum absolute atomic E-state index is 0.0542. The summed E-state index contributed by atoms with van der Waals surface area (Å²) in [5.74, 6) is -0.760. The van der Waals surface area contributed by atoms with Gasteiger partial charge in [-0.15, -0.1) is 0 Å². The number of carbonyl (C=O) groups excluding carboxylic acids is 2. The first-order valence-corrected chi connectivity index (χ1v) is 13.3. The second kappa shape index (κ2) is 10.9. The molecule has 1 fully saturated rings. The lowest BCUT2D eigenvalue weighted by Crippen LogP contribution is -2.55. The fourth-order valence-corrected chi connectivity index (χ4v) is 4.66. The van der Waals surface area contributed by atoms with Crippen LogP contribution < -0.4 is 5.32 Å². The van der Waals surface area contributed by atoms with Crippen LogP contribution in [-0.4, -0.2) is 74.3 Å². The maximum atomic E-state index is 13.3. The Hall–Kier alpha value is -2.71. The van der Waals surface area contributed by atoms with Crippen LogP contribution in [0.2, 0.25) is 0 Å². The number of rotatable bonds is 8. The van der Waals surface area contributed by atoms with Crippen LogP contribution in [0.1, 0.15) is 33.5 Å². The number of carbonyl (C=O) groups is 2. The molecule has 0 saturated carbocycles. The van der Waals surface area contributed by atoms with Crippen LogP contribution in [-0.2, 0) is 21.2 Å². The number of piperazine rings is 1. The number of benzene rings is 2. The van der Waals surface area contributed by atoms with Crippen molar-refractivity contribution in [2.45, 2.75) is 32.9 Å². The summed E-state index contributed by atoms with van der Waals surface area (Å²) < 4.78 is 23.5. The summed E-state index contributed by atoms with van der Waals surface area (Å²) in [6.45, 7) is 7.35. The zero-order valence-corrected chi connectivity index (χ0v) is 20.4. The SMILES string of the molecule is Cc1cccc(C(=O)NC(CCS(C)(=O)=O)C(=O)N2CCN(Cc3ccccc3C)CC2)c1. The highest BCUT2D eigenvalue weighted by Gasteiger charge is 2.29. The second-order valence-corrected chi connectivity index (χ2v) is 11.1. The summed E-state index contributed by atoms with van der Waals surface area (Å²) in [5, 5.41) is 2.78. The van der Waals surface area contributed by atoms with Gasteiger partial charge in [-0.2, -0.15) is 0 Å². The standard InChI is InChI=1S/C25H33N3O4S/c1-19-7-6-10-21(17-19)24(29)26-23(11-16-33(3,31)32)25(30)28-14-12-27(13-15-28)18-22-9-5-4-8-20(22)2/h4-10,17,23H,11-16,18H2,1-3H3,(H,26,29). The first-order valence-electron chi connectivity index (χ1n) is 11.2. The normalized spacial score (nSPS) is 15.8. The molecule has 1 heterocycles. The molecule has 2 amide bonds. The highest BCUT2D eigenvalue weighted by atomic mass is 32.2. The lowest BCUT2D eigenvalue weighted by molar-refractivity contribution is -0.135. The average Bonchev–Trinajstić information content (AvgIpc) is 2.77. The van der Waals surface area contributed by atoms with Crippen LogP contribution >= 0.6 is 0 Å². The first kappa shape index (κ1) is 24.9. The number of hydrogen-bond acceptors (Lipinski definition) is 5. The number of sulfone groups is 1. The highest BCUT2D eigenvalue weighted by Crippen LogP contribution is 2.14. The summed E-state index contributed by atoms with van der Waals surface area (Å²) >= 11 is 0. The van der Waals surface area contributed by atoms with E-state index in [1.165, 1.54) is 11.1 Å². The molecular weight excluding hydrogens is 438 g/mol. The van der Waals surface area contributed by atoms with Crippen molar-refractivity contribution in [3.8, 4) is 0 Å². The number of aryl methyl sites for hydroxylation is 2. The molecule has 3 rings (SSSR count). The second-order valence-electron chi connectivity index (χ2n) is 8.84. The minimum atomic E-state index is -3.27. The maximum absolute atomic E-state index is 13.3. The lowest BCUT2D eigenvalue weighted by Gasteiger charge is -2.36. The molecule has 1 aliphatic heterocycles. The summed E-state index contributed by atoms with van der Waals surface area (Å²) in [4.78, 5) is 30.1. The molecule has 0 bridgehead atoms. The van der Waals surface area contributed by atoms with Gasteiger partial charge in [0, 0.05) is 44.5 Å². The largest absolute Gasteiger partial charge is 0.340 e. The lowest BCUT2D eigenvalue weighted by atomic mass is 10.1. The molecule has 0 spiro atoms. The van der Waals surface area contributed by atoms with Crippen molar-refractivity contribution in [1.82, 2.24) is 15.1 Å². The van der Waals surface area contributed by atoms with Gasteiger partial charge in [-0.1, -0.05) is 42.0 Å². The number of nitrogens with one attached hydrogen (secondary N) is 1. The van der Waals surface area contributed by atoms with Crippen molar-refractivity contribution in [1.29, 1.82) is 0 Å². The molecule has 178 valence electrons. The molecule has 0 aliphatic carbocycles. The third-order valence-electron chi connectivity index (χ3n) is 6.00. The van der Waals surface area contributed by atoms with Crippen molar-refractivity contribution >= 4 is 21.7 Å². The molecule has 1 aliphatic rings. The molecule has 0 aromatic heterocycles. The van der Waals surface area contributed by atoms with Gasteiger partial charge < -0.3 is 10.2 Å². The van der Waals surface area contributed by atoms with Crippen LogP contribution in [0.25, 0.3) is 0 Å². The van der Waals surface area contributed by atoms with Gasteiger partial charge in [0.25, 0.3) is 5.91 Å². The van der Waals surface area contributed by atoms with Gasteiger partial charge in [0.15, 0.2) is 0 Å². The van der Waals surface area contributed by atoms with Crippen molar-refractivity contribution in [3.05, 3.63) is 70.8 Å². The molecular formula is C25H33N3O4S. The first-order chi connectivity index (χ1) is 15.6. The summed E-state index contributed by atoms with van der Waals surface area (Å²) in [5.41, 5.74) is 3.91. The van der Waals surface area contributed by atoms with Crippen LogP contribution in [0, 0.1) is 13.8 Å². The Kier molecular flexibility index (Phi) is 8.26. The van der Waals surface area contributed by atoms with Crippen LogP contribution in [0.3, 0.4) is 0 Å². The zero-order valence-electron chi connectivity index (χ0n) is 19.6. The van der Waals surface area contributed by atoms with E-state index < -0.39 is 15.9 Å². The van der Waals surface area contributed by atoms with Crippen molar-refractivity contribution in [3.63, 3.8) is 0 Å². The molecule has 0 radical (unpaired) electrons. The van der Waals surface area contributed by atoms with E-state index in [-0.39, 0.29) is 24.0 Å². The van der Waals surface area contributed by atoms with E-state index in [1.54, 1.807) is 23.1 Å². The average molecular weight is 472 g/mol.